The van der Waals surface area contributed by atoms with Crippen LogP contribution in [0.1, 0.15) is 33.2 Å². The van der Waals surface area contributed by atoms with E-state index in [0.29, 0.717) is 22.6 Å². The third-order valence-electron chi connectivity index (χ3n) is 5.50. The van der Waals surface area contributed by atoms with E-state index in [-0.39, 0.29) is 11.5 Å². The molecule has 2 N–H and O–H groups in total. The van der Waals surface area contributed by atoms with Crippen LogP contribution in [0.25, 0.3) is 16.8 Å². The molecule has 0 radical (unpaired) electrons. The van der Waals surface area contributed by atoms with E-state index in [0.717, 1.165) is 16.3 Å². The van der Waals surface area contributed by atoms with Crippen LogP contribution in [0.2, 0.25) is 0 Å². The van der Waals surface area contributed by atoms with Crippen LogP contribution < -0.4 is 15.4 Å². The van der Waals surface area contributed by atoms with E-state index < -0.39 is 11.8 Å². The van der Waals surface area contributed by atoms with Crippen LogP contribution in [0.3, 0.4) is 0 Å². The van der Waals surface area contributed by atoms with Gasteiger partial charge in [-0.2, -0.15) is 0 Å². The first-order valence-corrected chi connectivity index (χ1v) is 11.0. The molecule has 0 aliphatic carbocycles. The van der Waals surface area contributed by atoms with Gasteiger partial charge in [-0.05, 0) is 65.7 Å². The van der Waals surface area contributed by atoms with Crippen molar-refractivity contribution in [2.24, 2.45) is 0 Å². The van der Waals surface area contributed by atoms with Crippen LogP contribution in [-0.2, 0) is 4.79 Å². The van der Waals surface area contributed by atoms with Crippen molar-refractivity contribution in [2.75, 3.05) is 12.4 Å². The molecule has 2 amide bonds. The minimum Gasteiger partial charge on any atom is -0.497 e. The molecule has 4 rings (SSSR count). The van der Waals surface area contributed by atoms with Gasteiger partial charge in [0.05, 0.1) is 7.11 Å². The normalized spacial score (nSPS) is 11.1. The standard InChI is InChI=1S/C29H24N2O4/c1-19(32)22-9-6-11-24(17-22)30-29(34)27(31-28(33)21-13-15-25(35-2)16-14-21)18-23-10-5-8-20-7-3-4-12-26(20)23/h3-18H,1-2H3,(H,30,34)(H,31,33)/b27-18-. The van der Waals surface area contributed by atoms with Gasteiger partial charge in [0, 0.05) is 16.8 Å². The van der Waals surface area contributed by atoms with Gasteiger partial charge in [-0.3, -0.25) is 14.4 Å². The SMILES string of the molecule is COc1ccc(C(=O)N/C(=C\c2cccc3ccccc23)C(=O)Nc2cccc(C(C)=O)c2)cc1. The highest BCUT2D eigenvalue weighted by atomic mass is 16.5. The number of nitrogens with one attached hydrogen (secondary N) is 2. The topological polar surface area (TPSA) is 84.5 Å². The van der Waals surface area contributed by atoms with Gasteiger partial charge in [-0.15, -0.1) is 0 Å². The van der Waals surface area contributed by atoms with E-state index in [1.165, 1.54) is 6.92 Å². The summed E-state index contributed by atoms with van der Waals surface area (Å²) in [5.41, 5.74) is 2.15. The van der Waals surface area contributed by atoms with Gasteiger partial charge in [0.1, 0.15) is 11.4 Å². The first kappa shape index (κ1) is 23.4. The predicted octanol–water partition coefficient (Wildman–Crippen LogP) is 5.46. The largest absolute Gasteiger partial charge is 0.497 e. The number of carbonyl (C=O) groups is 3. The summed E-state index contributed by atoms with van der Waals surface area (Å²) in [7, 11) is 1.55. The molecule has 0 fully saturated rings. The van der Waals surface area contributed by atoms with Crippen LogP contribution >= 0.6 is 0 Å². The Hall–Kier alpha value is -4.71. The van der Waals surface area contributed by atoms with Crippen molar-refractivity contribution < 1.29 is 19.1 Å². The molecule has 0 spiro atoms. The Balaban J connectivity index is 1.70. The molecule has 174 valence electrons. The Morgan fingerprint density at radius 2 is 1.51 bits per heavy atom. The minimum atomic E-state index is -0.513. The number of amides is 2. The average molecular weight is 465 g/mol. The Bertz CT molecular complexity index is 1430. The number of ketones is 1. The number of benzene rings is 4. The van der Waals surface area contributed by atoms with E-state index in [1.54, 1.807) is 61.7 Å². The molecule has 0 aliphatic rings. The van der Waals surface area contributed by atoms with E-state index in [4.69, 9.17) is 4.74 Å². The first-order chi connectivity index (χ1) is 16.9. The summed E-state index contributed by atoms with van der Waals surface area (Å²) in [5.74, 6) is -0.441. The Kier molecular flexibility index (Phi) is 7.02. The second-order valence-corrected chi connectivity index (χ2v) is 7.90. The summed E-state index contributed by atoms with van der Waals surface area (Å²) < 4.78 is 5.15. The third kappa shape index (κ3) is 5.62. The van der Waals surface area contributed by atoms with Gasteiger partial charge in [0.2, 0.25) is 0 Å². The zero-order chi connectivity index (χ0) is 24.8. The van der Waals surface area contributed by atoms with Crippen molar-refractivity contribution in [1.82, 2.24) is 5.32 Å². The summed E-state index contributed by atoms with van der Waals surface area (Å²) in [4.78, 5) is 38.0. The average Bonchev–Trinajstić information content (AvgIpc) is 2.88. The molecule has 0 atom stereocenters. The highest BCUT2D eigenvalue weighted by molar-refractivity contribution is 6.12. The van der Waals surface area contributed by atoms with Crippen molar-refractivity contribution in [2.45, 2.75) is 6.92 Å². The number of hydrogen-bond acceptors (Lipinski definition) is 4. The number of methoxy groups -OCH3 is 1. The number of carbonyl (C=O) groups excluding carboxylic acids is 3. The highest BCUT2D eigenvalue weighted by Crippen LogP contribution is 2.21. The lowest BCUT2D eigenvalue weighted by atomic mass is 10.0. The maximum Gasteiger partial charge on any atom is 0.272 e. The molecular formula is C29H24N2O4. The van der Waals surface area contributed by atoms with Gasteiger partial charge in [-0.1, -0.05) is 54.6 Å². The number of rotatable bonds is 7. The number of anilines is 1. The van der Waals surface area contributed by atoms with Crippen molar-refractivity contribution in [3.8, 4) is 5.75 Å². The Morgan fingerprint density at radius 3 is 2.26 bits per heavy atom. The summed E-state index contributed by atoms with van der Waals surface area (Å²) in [5, 5.41) is 7.48. The number of ether oxygens (including phenoxy) is 1. The van der Waals surface area contributed by atoms with Crippen LogP contribution in [0.5, 0.6) is 5.75 Å². The van der Waals surface area contributed by atoms with E-state index in [1.807, 2.05) is 42.5 Å². The van der Waals surface area contributed by atoms with Crippen molar-refractivity contribution in [3.05, 3.63) is 113 Å². The molecule has 0 heterocycles. The zero-order valence-electron chi connectivity index (χ0n) is 19.4. The molecule has 0 aliphatic heterocycles. The fraction of sp³-hybridized carbons (Fsp3) is 0.0690. The summed E-state index contributed by atoms with van der Waals surface area (Å²) >= 11 is 0. The molecule has 0 aromatic heterocycles. The van der Waals surface area contributed by atoms with Crippen molar-refractivity contribution in [3.63, 3.8) is 0 Å². The first-order valence-electron chi connectivity index (χ1n) is 11.0. The van der Waals surface area contributed by atoms with E-state index >= 15 is 0 Å². The van der Waals surface area contributed by atoms with Gasteiger partial charge in [0.25, 0.3) is 11.8 Å². The predicted molar refractivity (Wildman–Crippen MR) is 137 cm³/mol. The lowest BCUT2D eigenvalue weighted by Gasteiger charge is -2.13. The lowest BCUT2D eigenvalue weighted by Crippen LogP contribution is -2.30. The van der Waals surface area contributed by atoms with E-state index in [2.05, 4.69) is 10.6 Å². The Labute approximate surface area is 203 Å². The second kappa shape index (κ2) is 10.5. The molecule has 0 bridgehead atoms. The number of fused-ring (bicyclic) bond motifs is 1. The summed E-state index contributed by atoms with van der Waals surface area (Å²) in [6, 6.07) is 26.8. The molecule has 35 heavy (non-hydrogen) atoms. The molecule has 0 saturated heterocycles. The monoisotopic (exact) mass is 464 g/mol. The van der Waals surface area contributed by atoms with E-state index in [9.17, 15) is 14.4 Å². The van der Waals surface area contributed by atoms with Crippen molar-refractivity contribution in [1.29, 1.82) is 0 Å². The molecule has 0 unspecified atom stereocenters. The Morgan fingerprint density at radius 1 is 0.800 bits per heavy atom. The molecule has 4 aromatic carbocycles. The van der Waals surface area contributed by atoms with Crippen LogP contribution in [0.4, 0.5) is 5.69 Å². The van der Waals surface area contributed by atoms with Gasteiger partial charge >= 0.3 is 0 Å². The molecule has 6 heteroatoms. The second-order valence-electron chi connectivity index (χ2n) is 7.90. The molecule has 4 aromatic rings. The van der Waals surface area contributed by atoms with Crippen LogP contribution in [0, 0.1) is 0 Å². The molecule has 0 saturated carbocycles. The van der Waals surface area contributed by atoms with Gasteiger partial charge in [0.15, 0.2) is 5.78 Å². The van der Waals surface area contributed by atoms with Crippen LogP contribution in [0.15, 0.2) is 96.7 Å². The third-order valence-corrected chi connectivity index (χ3v) is 5.50. The van der Waals surface area contributed by atoms with Gasteiger partial charge in [-0.25, -0.2) is 0 Å². The smallest absolute Gasteiger partial charge is 0.272 e. The number of hydrogen-bond donors (Lipinski definition) is 2. The maximum atomic E-state index is 13.3. The number of Topliss-reactive ketones (excluding diaryl/α,β-unsaturated/α-hetero) is 1. The molecular weight excluding hydrogens is 440 g/mol. The summed E-state index contributed by atoms with van der Waals surface area (Å²) in [6.45, 7) is 1.46. The lowest BCUT2D eigenvalue weighted by molar-refractivity contribution is -0.113. The van der Waals surface area contributed by atoms with Gasteiger partial charge < -0.3 is 15.4 Å². The minimum absolute atomic E-state index is 0.0652. The maximum absolute atomic E-state index is 13.3. The zero-order valence-corrected chi connectivity index (χ0v) is 19.4. The fourth-order valence-electron chi connectivity index (χ4n) is 3.64. The molecule has 6 nitrogen and oxygen atoms in total. The highest BCUT2D eigenvalue weighted by Gasteiger charge is 2.16. The fourth-order valence-corrected chi connectivity index (χ4v) is 3.64. The quantitative estimate of drug-likeness (QED) is 0.281. The summed E-state index contributed by atoms with van der Waals surface area (Å²) in [6.07, 6.45) is 1.65. The van der Waals surface area contributed by atoms with Crippen molar-refractivity contribution >= 4 is 40.1 Å². The van der Waals surface area contributed by atoms with Crippen LogP contribution in [-0.4, -0.2) is 24.7 Å².